The zero-order valence-corrected chi connectivity index (χ0v) is 18.9. The number of aromatic nitrogens is 4. The van der Waals surface area contributed by atoms with Crippen molar-refractivity contribution >= 4 is 16.9 Å². The van der Waals surface area contributed by atoms with Crippen molar-refractivity contribution in [1.82, 2.24) is 24.6 Å². The molecule has 0 aliphatic carbocycles. The minimum Gasteiger partial charge on any atom is -0.486 e. The first-order chi connectivity index (χ1) is 16.0. The molecule has 4 aromatic rings. The monoisotopic (exact) mass is 445 g/mol. The van der Waals surface area contributed by atoms with Gasteiger partial charge in [0.15, 0.2) is 11.5 Å². The summed E-state index contributed by atoms with van der Waals surface area (Å²) in [6.07, 6.45) is 0.905. The maximum absolute atomic E-state index is 13.3. The fourth-order valence-electron chi connectivity index (χ4n) is 4.05. The number of fused-ring (bicyclic) bond motifs is 2. The minimum absolute atomic E-state index is 0.0497. The lowest BCUT2D eigenvalue weighted by atomic mass is 10.1. The quantitative estimate of drug-likeness (QED) is 0.470. The first kappa shape index (κ1) is 21.1. The molecule has 8 nitrogen and oxygen atoms in total. The van der Waals surface area contributed by atoms with Gasteiger partial charge in [-0.3, -0.25) is 9.48 Å². The summed E-state index contributed by atoms with van der Waals surface area (Å²) in [5.74, 6) is 2.33. The van der Waals surface area contributed by atoms with Crippen molar-refractivity contribution < 1.29 is 14.3 Å². The van der Waals surface area contributed by atoms with Crippen LogP contribution in [0.15, 0.2) is 48.5 Å². The number of nitrogens with one attached hydrogen (secondary N) is 1. The fraction of sp³-hybridized carbons (Fsp3) is 0.320. The number of benzene rings is 2. The second-order valence-corrected chi connectivity index (χ2v) is 8.33. The van der Waals surface area contributed by atoms with Crippen LogP contribution >= 0.6 is 0 Å². The molecule has 0 fully saturated rings. The van der Waals surface area contributed by atoms with E-state index in [1.807, 2.05) is 72.1 Å². The van der Waals surface area contributed by atoms with E-state index in [4.69, 9.17) is 9.47 Å². The van der Waals surface area contributed by atoms with Crippen molar-refractivity contribution in [2.24, 2.45) is 7.05 Å². The Morgan fingerprint density at radius 3 is 2.70 bits per heavy atom. The number of carbonyl (C=O) groups is 1. The van der Waals surface area contributed by atoms with Gasteiger partial charge in [-0.25, -0.2) is 4.98 Å². The molecule has 0 saturated carbocycles. The summed E-state index contributed by atoms with van der Waals surface area (Å²) in [7, 11) is 1.91. The molecule has 0 spiro atoms. The Labute approximate surface area is 192 Å². The fourth-order valence-corrected chi connectivity index (χ4v) is 4.05. The number of para-hydroxylation sites is 2. The van der Waals surface area contributed by atoms with Crippen molar-refractivity contribution in [3.05, 3.63) is 71.3 Å². The number of aryl methyl sites for hydroxylation is 3. The van der Waals surface area contributed by atoms with Crippen molar-refractivity contribution in [2.45, 2.75) is 32.9 Å². The lowest BCUT2D eigenvalue weighted by molar-refractivity contribution is -0.132. The molecule has 0 radical (unpaired) electrons. The topological polar surface area (TPSA) is 85.3 Å². The van der Waals surface area contributed by atoms with E-state index in [9.17, 15) is 4.79 Å². The lowest BCUT2D eigenvalue weighted by Gasteiger charge is -2.24. The lowest BCUT2D eigenvalue weighted by Crippen LogP contribution is -2.30. The van der Waals surface area contributed by atoms with E-state index in [1.54, 1.807) is 0 Å². The maximum atomic E-state index is 13.3. The number of imidazole rings is 1. The van der Waals surface area contributed by atoms with Crippen LogP contribution in [0, 0.1) is 6.92 Å². The number of H-pyrrole nitrogens is 1. The summed E-state index contributed by atoms with van der Waals surface area (Å²) >= 11 is 0. The van der Waals surface area contributed by atoms with Crippen molar-refractivity contribution in [2.75, 3.05) is 13.2 Å². The molecule has 5 rings (SSSR count). The highest BCUT2D eigenvalue weighted by atomic mass is 16.6. The SMILES string of the molecule is Cc1cc(CN(Cc2ccc3c(c2)OCCO3)C(=O)CCc2nc3ccccc3[nH]2)nn1C. The Morgan fingerprint density at radius 2 is 1.91 bits per heavy atom. The van der Waals surface area contributed by atoms with Gasteiger partial charge in [-0.2, -0.15) is 5.10 Å². The van der Waals surface area contributed by atoms with E-state index in [1.165, 1.54) is 0 Å². The van der Waals surface area contributed by atoms with Gasteiger partial charge in [0.1, 0.15) is 19.0 Å². The zero-order chi connectivity index (χ0) is 22.8. The molecule has 2 aromatic heterocycles. The number of rotatable bonds is 7. The molecule has 0 saturated heterocycles. The average Bonchev–Trinajstić information content (AvgIpc) is 3.38. The number of aromatic amines is 1. The van der Waals surface area contributed by atoms with Crippen molar-refractivity contribution in [3.63, 3.8) is 0 Å². The van der Waals surface area contributed by atoms with Gasteiger partial charge in [0.2, 0.25) is 5.91 Å². The number of amides is 1. The molecule has 2 aromatic carbocycles. The van der Waals surface area contributed by atoms with Crippen LogP contribution in [0.5, 0.6) is 11.5 Å². The number of ether oxygens (including phenoxy) is 2. The van der Waals surface area contributed by atoms with E-state index < -0.39 is 0 Å². The number of nitrogens with zero attached hydrogens (tertiary/aromatic N) is 4. The molecule has 1 aliphatic rings. The van der Waals surface area contributed by atoms with Gasteiger partial charge in [0, 0.05) is 32.1 Å². The molecule has 1 N–H and O–H groups in total. The Morgan fingerprint density at radius 1 is 1.09 bits per heavy atom. The predicted molar refractivity (Wildman–Crippen MR) is 124 cm³/mol. The van der Waals surface area contributed by atoms with Gasteiger partial charge in [-0.05, 0) is 42.8 Å². The largest absolute Gasteiger partial charge is 0.486 e. The minimum atomic E-state index is 0.0497. The first-order valence-corrected chi connectivity index (χ1v) is 11.1. The molecule has 1 aliphatic heterocycles. The highest BCUT2D eigenvalue weighted by Crippen LogP contribution is 2.31. The molecule has 8 heteroatoms. The van der Waals surface area contributed by atoms with Gasteiger partial charge in [0.25, 0.3) is 0 Å². The molecule has 0 unspecified atom stereocenters. The van der Waals surface area contributed by atoms with E-state index in [0.29, 0.717) is 39.1 Å². The van der Waals surface area contributed by atoms with Crippen molar-refractivity contribution in [3.8, 4) is 11.5 Å². The van der Waals surface area contributed by atoms with Crippen LogP contribution in [0.4, 0.5) is 0 Å². The third-order valence-electron chi connectivity index (χ3n) is 5.86. The maximum Gasteiger partial charge on any atom is 0.223 e. The third-order valence-corrected chi connectivity index (χ3v) is 5.86. The smallest absolute Gasteiger partial charge is 0.223 e. The summed E-state index contributed by atoms with van der Waals surface area (Å²) < 4.78 is 13.2. The van der Waals surface area contributed by atoms with E-state index in [-0.39, 0.29) is 5.91 Å². The zero-order valence-electron chi connectivity index (χ0n) is 18.9. The van der Waals surface area contributed by atoms with E-state index in [2.05, 4.69) is 15.1 Å². The third kappa shape index (κ3) is 4.69. The van der Waals surface area contributed by atoms with E-state index >= 15 is 0 Å². The van der Waals surface area contributed by atoms with Crippen LogP contribution in [0.3, 0.4) is 0 Å². The second kappa shape index (κ2) is 8.97. The Kier molecular flexibility index (Phi) is 5.73. The van der Waals surface area contributed by atoms with Crippen LogP contribution in [-0.2, 0) is 31.4 Å². The average molecular weight is 446 g/mol. The van der Waals surface area contributed by atoms with Crippen LogP contribution < -0.4 is 9.47 Å². The van der Waals surface area contributed by atoms with Crippen LogP contribution in [0.2, 0.25) is 0 Å². The molecule has 170 valence electrons. The van der Waals surface area contributed by atoms with Gasteiger partial charge in [0.05, 0.1) is 23.3 Å². The molecule has 33 heavy (non-hydrogen) atoms. The summed E-state index contributed by atoms with van der Waals surface area (Å²) in [5.41, 5.74) is 4.81. The normalized spacial score (nSPS) is 12.8. The highest BCUT2D eigenvalue weighted by molar-refractivity contribution is 5.77. The summed E-state index contributed by atoms with van der Waals surface area (Å²) in [6, 6.07) is 15.8. The standard InChI is InChI=1S/C25H27N5O3/c1-17-13-19(28-29(17)2)16-30(15-18-7-8-22-23(14-18)33-12-11-32-22)25(31)10-9-24-26-20-5-3-4-6-21(20)27-24/h3-8,13-14H,9-12,15-16H2,1-2H3,(H,26,27). The van der Waals surface area contributed by atoms with Crippen LogP contribution in [0.1, 0.15) is 29.2 Å². The van der Waals surface area contributed by atoms with Crippen molar-refractivity contribution in [1.29, 1.82) is 0 Å². The molecule has 0 atom stereocenters. The number of hydrogen-bond donors (Lipinski definition) is 1. The van der Waals surface area contributed by atoms with Gasteiger partial charge in [-0.15, -0.1) is 0 Å². The number of hydrogen-bond acceptors (Lipinski definition) is 5. The molecule has 3 heterocycles. The second-order valence-electron chi connectivity index (χ2n) is 8.33. The van der Waals surface area contributed by atoms with Crippen LogP contribution in [-0.4, -0.2) is 43.8 Å². The Bertz CT molecular complexity index is 1240. The van der Waals surface area contributed by atoms with E-state index in [0.717, 1.165) is 45.3 Å². The molecule has 1 amide bonds. The Balaban J connectivity index is 1.33. The molecular weight excluding hydrogens is 418 g/mol. The molecule has 0 bridgehead atoms. The highest BCUT2D eigenvalue weighted by Gasteiger charge is 2.19. The summed E-state index contributed by atoms with van der Waals surface area (Å²) in [4.78, 5) is 23.1. The predicted octanol–water partition coefficient (Wildman–Crippen LogP) is 3.54. The van der Waals surface area contributed by atoms with Gasteiger partial charge >= 0.3 is 0 Å². The van der Waals surface area contributed by atoms with Crippen LogP contribution in [0.25, 0.3) is 11.0 Å². The number of carbonyl (C=O) groups excluding carboxylic acids is 1. The summed E-state index contributed by atoms with van der Waals surface area (Å²) in [6.45, 7) is 3.99. The molecular formula is C25H27N5O3. The Hall–Kier alpha value is -3.81. The summed E-state index contributed by atoms with van der Waals surface area (Å²) in [5, 5.41) is 4.55. The van der Waals surface area contributed by atoms with Gasteiger partial charge in [-0.1, -0.05) is 18.2 Å². The first-order valence-electron chi connectivity index (χ1n) is 11.1. The van der Waals surface area contributed by atoms with Gasteiger partial charge < -0.3 is 19.4 Å².